The van der Waals surface area contributed by atoms with Crippen molar-refractivity contribution in [3.63, 3.8) is 0 Å². The van der Waals surface area contributed by atoms with Crippen LogP contribution in [0.1, 0.15) is 12.5 Å². The Morgan fingerprint density at radius 3 is 2.58 bits per heavy atom. The molecule has 0 saturated carbocycles. The number of rotatable bonds is 6. The van der Waals surface area contributed by atoms with E-state index in [1.165, 1.54) is 6.07 Å². The van der Waals surface area contributed by atoms with Gasteiger partial charge in [-0.1, -0.05) is 6.07 Å². The molecule has 0 unspecified atom stereocenters. The summed E-state index contributed by atoms with van der Waals surface area (Å²) in [5.41, 5.74) is 0.702. The van der Waals surface area contributed by atoms with Gasteiger partial charge in [-0.2, -0.15) is 0 Å². The zero-order chi connectivity index (χ0) is 18.5. The second-order valence-electron chi connectivity index (χ2n) is 6.47. The molecule has 140 valence electrons. The second kappa shape index (κ2) is 8.31. The molecule has 2 heterocycles. The average Bonchev–Trinajstić information content (AvgIpc) is 2.69. The highest BCUT2D eigenvalue weighted by Gasteiger charge is 2.20. The Morgan fingerprint density at radius 1 is 1.15 bits per heavy atom. The van der Waals surface area contributed by atoms with Crippen LogP contribution in [0, 0.1) is 5.82 Å². The molecule has 0 N–H and O–H groups in total. The Hall–Kier alpha value is -2.41. The zero-order valence-electron chi connectivity index (χ0n) is 15.7. The van der Waals surface area contributed by atoms with Gasteiger partial charge in [0.05, 0.1) is 7.11 Å². The highest BCUT2D eigenvalue weighted by atomic mass is 19.1. The fourth-order valence-electron chi connectivity index (χ4n) is 3.04. The molecule has 0 atom stereocenters. The van der Waals surface area contributed by atoms with Crippen molar-refractivity contribution in [2.24, 2.45) is 0 Å². The first-order chi connectivity index (χ1) is 12.6. The molecule has 2 aromatic rings. The third-order valence-corrected chi connectivity index (χ3v) is 4.85. The van der Waals surface area contributed by atoms with Crippen LogP contribution in [0.2, 0.25) is 0 Å². The molecule has 0 spiro atoms. The van der Waals surface area contributed by atoms with Crippen molar-refractivity contribution in [3.8, 4) is 5.75 Å². The van der Waals surface area contributed by atoms with Crippen LogP contribution in [0.5, 0.6) is 5.75 Å². The Morgan fingerprint density at radius 2 is 1.92 bits per heavy atom. The van der Waals surface area contributed by atoms with Gasteiger partial charge in [-0.05, 0) is 13.0 Å². The SMILES string of the molecule is CCN(C)c1cc(N2CCN(Cc3ccc(OC)cc3F)CC2)ncn1. The van der Waals surface area contributed by atoms with Gasteiger partial charge in [0, 0.05) is 64.0 Å². The number of ether oxygens (including phenoxy) is 1. The third kappa shape index (κ3) is 4.22. The van der Waals surface area contributed by atoms with Gasteiger partial charge in [0.15, 0.2) is 0 Å². The molecule has 1 aliphatic rings. The van der Waals surface area contributed by atoms with E-state index in [9.17, 15) is 4.39 Å². The summed E-state index contributed by atoms with van der Waals surface area (Å²) in [6, 6.07) is 7.08. The maximum absolute atomic E-state index is 14.1. The highest BCUT2D eigenvalue weighted by Crippen LogP contribution is 2.21. The lowest BCUT2D eigenvalue weighted by molar-refractivity contribution is 0.246. The van der Waals surface area contributed by atoms with E-state index in [0.29, 0.717) is 17.9 Å². The van der Waals surface area contributed by atoms with Crippen molar-refractivity contribution in [2.75, 3.05) is 56.7 Å². The van der Waals surface area contributed by atoms with Gasteiger partial charge in [-0.3, -0.25) is 4.90 Å². The minimum atomic E-state index is -0.213. The van der Waals surface area contributed by atoms with E-state index in [-0.39, 0.29) is 5.82 Å². The van der Waals surface area contributed by atoms with Crippen molar-refractivity contribution in [2.45, 2.75) is 13.5 Å². The van der Waals surface area contributed by atoms with Crippen LogP contribution in [0.3, 0.4) is 0 Å². The molecule has 3 rings (SSSR count). The number of piperazine rings is 1. The molecule has 1 aromatic carbocycles. The van der Waals surface area contributed by atoms with Gasteiger partial charge in [0.1, 0.15) is 29.5 Å². The molecule has 6 nitrogen and oxygen atoms in total. The maximum atomic E-state index is 14.1. The van der Waals surface area contributed by atoms with Gasteiger partial charge in [0.2, 0.25) is 0 Å². The molecule has 1 saturated heterocycles. The lowest BCUT2D eigenvalue weighted by atomic mass is 10.1. The van der Waals surface area contributed by atoms with E-state index in [1.807, 2.05) is 13.1 Å². The molecular weight excluding hydrogens is 333 g/mol. The second-order valence-corrected chi connectivity index (χ2v) is 6.47. The minimum absolute atomic E-state index is 0.213. The lowest BCUT2D eigenvalue weighted by Crippen LogP contribution is -2.46. The van der Waals surface area contributed by atoms with E-state index in [0.717, 1.165) is 44.4 Å². The summed E-state index contributed by atoms with van der Waals surface area (Å²) in [6.45, 7) is 7.07. The van der Waals surface area contributed by atoms with E-state index in [2.05, 4.69) is 31.6 Å². The molecule has 0 amide bonds. The first-order valence-electron chi connectivity index (χ1n) is 8.93. The van der Waals surface area contributed by atoms with Gasteiger partial charge >= 0.3 is 0 Å². The Balaban J connectivity index is 1.59. The molecule has 0 bridgehead atoms. The summed E-state index contributed by atoms with van der Waals surface area (Å²) in [4.78, 5) is 15.4. The van der Waals surface area contributed by atoms with Crippen LogP contribution in [0.25, 0.3) is 0 Å². The summed E-state index contributed by atoms with van der Waals surface area (Å²) in [6.07, 6.45) is 1.62. The zero-order valence-corrected chi connectivity index (χ0v) is 15.7. The number of anilines is 2. The summed E-state index contributed by atoms with van der Waals surface area (Å²) >= 11 is 0. The van der Waals surface area contributed by atoms with E-state index in [1.54, 1.807) is 25.6 Å². The summed E-state index contributed by atoms with van der Waals surface area (Å²) in [5, 5.41) is 0. The number of aromatic nitrogens is 2. The molecule has 1 fully saturated rings. The normalized spacial score (nSPS) is 15.2. The van der Waals surface area contributed by atoms with Crippen molar-refractivity contribution in [1.82, 2.24) is 14.9 Å². The Bertz CT molecular complexity index is 734. The van der Waals surface area contributed by atoms with Crippen molar-refractivity contribution in [3.05, 3.63) is 42.0 Å². The molecule has 0 aliphatic carbocycles. The predicted octanol–water partition coefficient (Wildman–Crippen LogP) is 2.40. The van der Waals surface area contributed by atoms with E-state index in [4.69, 9.17) is 4.74 Å². The predicted molar refractivity (Wildman–Crippen MR) is 101 cm³/mol. The fourth-order valence-corrected chi connectivity index (χ4v) is 3.04. The Kier molecular flexibility index (Phi) is 5.88. The third-order valence-electron chi connectivity index (χ3n) is 4.85. The number of halogens is 1. The first kappa shape index (κ1) is 18.4. The van der Waals surface area contributed by atoms with Crippen LogP contribution in [0.4, 0.5) is 16.0 Å². The standard InChI is InChI=1S/C19H26FN5O/c1-4-23(2)18-12-19(22-14-21-18)25-9-7-24(8-10-25)13-15-5-6-16(26-3)11-17(15)20/h5-6,11-12,14H,4,7-10,13H2,1-3H3. The molecular formula is C19H26FN5O. The maximum Gasteiger partial charge on any atom is 0.134 e. The number of benzene rings is 1. The van der Waals surface area contributed by atoms with Crippen molar-refractivity contribution in [1.29, 1.82) is 0 Å². The fraction of sp³-hybridized carbons (Fsp3) is 0.474. The monoisotopic (exact) mass is 359 g/mol. The van der Waals surface area contributed by atoms with E-state index < -0.39 is 0 Å². The van der Waals surface area contributed by atoms with Crippen molar-refractivity contribution < 1.29 is 9.13 Å². The average molecular weight is 359 g/mol. The lowest BCUT2D eigenvalue weighted by Gasteiger charge is -2.35. The van der Waals surface area contributed by atoms with E-state index >= 15 is 0 Å². The topological polar surface area (TPSA) is 44.7 Å². The molecule has 1 aromatic heterocycles. The number of hydrogen-bond acceptors (Lipinski definition) is 6. The van der Waals surface area contributed by atoms with Crippen molar-refractivity contribution >= 4 is 11.6 Å². The van der Waals surface area contributed by atoms with Gasteiger partial charge in [-0.25, -0.2) is 14.4 Å². The summed E-state index contributed by atoms with van der Waals surface area (Å²) in [5.74, 6) is 2.22. The smallest absolute Gasteiger partial charge is 0.134 e. The molecule has 7 heteroatoms. The van der Waals surface area contributed by atoms with Gasteiger partial charge < -0.3 is 14.5 Å². The van der Waals surface area contributed by atoms with Crippen LogP contribution < -0.4 is 14.5 Å². The van der Waals surface area contributed by atoms with Crippen LogP contribution in [-0.2, 0) is 6.54 Å². The highest BCUT2D eigenvalue weighted by molar-refractivity contribution is 5.49. The molecule has 1 aliphatic heterocycles. The quantitative estimate of drug-likeness (QED) is 0.789. The van der Waals surface area contributed by atoms with Crippen LogP contribution in [0.15, 0.2) is 30.6 Å². The number of nitrogens with zero attached hydrogens (tertiary/aromatic N) is 5. The summed E-state index contributed by atoms with van der Waals surface area (Å²) in [7, 11) is 3.57. The first-order valence-corrected chi connectivity index (χ1v) is 8.93. The minimum Gasteiger partial charge on any atom is -0.497 e. The number of hydrogen-bond donors (Lipinski definition) is 0. The number of methoxy groups -OCH3 is 1. The van der Waals surface area contributed by atoms with Crippen LogP contribution in [-0.4, -0.2) is 61.7 Å². The Labute approximate surface area is 154 Å². The largest absolute Gasteiger partial charge is 0.497 e. The van der Waals surface area contributed by atoms with Gasteiger partial charge in [-0.15, -0.1) is 0 Å². The molecule has 0 radical (unpaired) electrons. The molecule has 26 heavy (non-hydrogen) atoms. The summed E-state index contributed by atoms with van der Waals surface area (Å²) < 4.78 is 19.2. The van der Waals surface area contributed by atoms with Gasteiger partial charge in [0.25, 0.3) is 0 Å². The van der Waals surface area contributed by atoms with Crippen LogP contribution >= 0.6 is 0 Å².